The van der Waals surface area contributed by atoms with Crippen molar-refractivity contribution in [2.75, 3.05) is 44.6 Å². The quantitative estimate of drug-likeness (QED) is 0.243. The van der Waals surface area contributed by atoms with Crippen molar-refractivity contribution in [1.82, 2.24) is 10.2 Å². The van der Waals surface area contributed by atoms with Crippen LogP contribution in [0.5, 0.6) is 0 Å². The third-order valence-corrected chi connectivity index (χ3v) is 5.94. The van der Waals surface area contributed by atoms with E-state index in [-0.39, 0.29) is 23.8 Å². The number of carbonyl (C=O) groups excluding carboxylic acids is 1. The first-order valence-corrected chi connectivity index (χ1v) is 10.9. The summed E-state index contributed by atoms with van der Waals surface area (Å²) in [6.45, 7) is 2.92. The van der Waals surface area contributed by atoms with Gasteiger partial charge in [-0.05, 0) is 18.1 Å². The van der Waals surface area contributed by atoms with E-state index in [2.05, 4.69) is 10.6 Å². The molecule has 3 rings (SSSR count). The molecule has 2 aromatic rings. The number of nitro benzene ring substituents is 1. The molecule has 2 aromatic carbocycles. The zero-order valence-corrected chi connectivity index (χ0v) is 17.5. The average Bonchev–Trinajstić information content (AvgIpc) is 2.78. The van der Waals surface area contributed by atoms with Crippen LogP contribution in [0.1, 0.15) is 22.3 Å². The van der Waals surface area contributed by atoms with Crippen LogP contribution in [-0.4, -0.2) is 60.2 Å². The number of benzene rings is 2. The normalized spacial score (nSPS) is 13.8. The highest BCUT2D eigenvalue weighted by atomic mass is 32.2. The highest BCUT2D eigenvalue weighted by molar-refractivity contribution is 7.98. The Balaban J connectivity index is 1.93. The summed E-state index contributed by atoms with van der Waals surface area (Å²) in [7, 11) is 0. The Hall–Kier alpha value is -2.62. The first kappa shape index (κ1) is 22.1. The van der Waals surface area contributed by atoms with Crippen molar-refractivity contribution in [1.29, 1.82) is 0 Å². The minimum atomic E-state index is -0.502. The van der Waals surface area contributed by atoms with Crippen LogP contribution in [0.4, 0.5) is 11.4 Å². The molecule has 0 saturated carbocycles. The van der Waals surface area contributed by atoms with E-state index in [1.807, 2.05) is 30.3 Å². The molecule has 1 fully saturated rings. The van der Waals surface area contributed by atoms with Crippen molar-refractivity contribution in [3.8, 4) is 0 Å². The molecule has 0 aliphatic carbocycles. The van der Waals surface area contributed by atoms with Gasteiger partial charge in [0.15, 0.2) is 0 Å². The van der Waals surface area contributed by atoms with Crippen LogP contribution in [0, 0.1) is 10.1 Å². The monoisotopic (exact) mass is 430 g/mol. The maximum atomic E-state index is 13.1. The number of nitro groups is 1. The highest BCUT2D eigenvalue weighted by Crippen LogP contribution is 2.36. The van der Waals surface area contributed by atoms with Gasteiger partial charge in [-0.15, -0.1) is 11.8 Å². The Morgan fingerprint density at radius 2 is 1.97 bits per heavy atom. The largest absolute Gasteiger partial charge is 0.396 e. The fourth-order valence-corrected chi connectivity index (χ4v) is 4.23. The maximum Gasteiger partial charge on any atom is 0.284 e. The molecule has 8 nitrogen and oxygen atoms in total. The van der Waals surface area contributed by atoms with Gasteiger partial charge in [0.1, 0.15) is 5.56 Å². The van der Waals surface area contributed by atoms with Crippen molar-refractivity contribution in [3.63, 3.8) is 0 Å². The Morgan fingerprint density at radius 3 is 2.63 bits per heavy atom. The topological polar surface area (TPSA) is 108 Å². The van der Waals surface area contributed by atoms with Crippen molar-refractivity contribution in [3.05, 3.63) is 63.7 Å². The Kier molecular flexibility index (Phi) is 8.06. The average molecular weight is 431 g/mol. The van der Waals surface area contributed by atoms with E-state index in [1.165, 1.54) is 17.8 Å². The summed E-state index contributed by atoms with van der Waals surface area (Å²) in [5, 5.41) is 27.1. The van der Waals surface area contributed by atoms with E-state index in [4.69, 9.17) is 5.11 Å². The zero-order valence-electron chi connectivity index (χ0n) is 16.7. The number of nitrogens with zero attached hydrogens (tertiary/aromatic N) is 2. The summed E-state index contributed by atoms with van der Waals surface area (Å²) in [5.74, 6) is 0.362. The second-order valence-electron chi connectivity index (χ2n) is 6.94. The number of amides is 1. The van der Waals surface area contributed by atoms with Gasteiger partial charge in [0.2, 0.25) is 0 Å². The molecule has 0 atom stereocenters. The Labute approximate surface area is 179 Å². The predicted molar refractivity (Wildman–Crippen MR) is 118 cm³/mol. The summed E-state index contributed by atoms with van der Waals surface area (Å²) in [6, 6.07) is 13.0. The number of carbonyl (C=O) groups is 1. The summed E-state index contributed by atoms with van der Waals surface area (Å²) in [4.78, 5) is 26.7. The van der Waals surface area contributed by atoms with Crippen molar-refractivity contribution >= 4 is 29.0 Å². The first-order valence-electron chi connectivity index (χ1n) is 9.94. The minimum Gasteiger partial charge on any atom is -0.396 e. The zero-order chi connectivity index (χ0) is 21.3. The van der Waals surface area contributed by atoms with Crippen LogP contribution in [0.25, 0.3) is 0 Å². The smallest absolute Gasteiger partial charge is 0.284 e. The van der Waals surface area contributed by atoms with Crippen LogP contribution in [0.2, 0.25) is 0 Å². The van der Waals surface area contributed by atoms with Crippen molar-refractivity contribution in [2.24, 2.45) is 0 Å². The molecule has 1 saturated heterocycles. The molecule has 0 aromatic heterocycles. The number of nitrogens with one attached hydrogen (secondary N) is 2. The summed E-state index contributed by atoms with van der Waals surface area (Å²) >= 11 is 1.53. The molecule has 1 aliphatic rings. The van der Waals surface area contributed by atoms with E-state index in [0.717, 1.165) is 10.5 Å². The molecule has 0 spiro atoms. The number of piperazine rings is 1. The summed E-state index contributed by atoms with van der Waals surface area (Å²) in [5.41, 5.74) is 1.64. The molecule has 3 N–H and O–H groups in total. The Bertz CT molecular complexity index is 873. The molecule has 0 bridgehead atoms. The molecule has 1 heterocycles. The number of thioether (sulfide) groups is 1. The number of aliphatic hydroxyl groups is 1. The van der Waals surface area contributed by atoms with Gasteiger partial charge in [-0.1, -0.05) is 30.3 Å². The third kappa shape index (κ3) is 5.71. The lowest BCUT2D eigenvalue weighted by atomic mass is 10.1. The van der Waals surface area contributed by atoms with Gasteiger partial charge in [-0.3, -0.25) is 14.9 Å². The van der Waals surface area contributed by atoms with Crippen LogP contribution >= 0.6 is 11.8 Å². The lowest BCUT2D eigenvalue weighted by Crippen LogP contribution is -2.46. The van der Waals surface area contributed by atoms with Gasteiger partial charge in [0.25, 0.3) is 11.6 Å². The molecule has 9 heteroatoms. The van der Waals surface area contributed by atoms with Gasteiger partial charge >= 0.3 is 0 Å². The Morgan fingerprint density at radius 1 is 1.23 bits per heavy atom. The second kappa shape index (κ2) is 11.0. The van der Waals surface area contributed by atoms with Gasteiger partial charge < -0.3 is 20.6 Å². The summed E-state index contributed by atoms with van der Waals surface area (Å²) < 4.78 is 0. The molecule has 0 unspecified atom stereocenters. The molecule has 30 heavy (non-hydrogen) atoms. The van der Waals surface area contributed by atoms with E-state index in [1.54, 1.807) is 11.0 Å². The molecular weight excluding hydrogens is 404 g/mol. The highest BCUT2D eigenvalue weighted by Gasteiger charge is 2.28. The van der Waals surface area contributed by atoms with Crippen LogP contribution in [0.3, 0.4) is 0 Å². The number of rotatable bonds is 9. The van der Waals surface area contributed by atoms with E-state index >= 15 is 0 Å². The third-order valence-electron chi connectivity index (χ3n) is 4.82. The van der Waals surface area contributed by atoms with Crippen LogP contribution < -0.4 is 10.6 Å². The molecule has 160 valence electrons. The number of aliphatic hydroxyl groups excluding tert-OH is 1. The molecular formula is C21H26N4O4S. The lowest BCUT2D eigenvalue weighted by molar-refractivity contribution is -0.385. The van der Waals surface area contributed by atoms with E-state index < -0.39 is 4.92 Å². The van der Waals surface area contributed by atoms with Crippen LogP contribution in [0.15, 0.2) is 47.4 Å². The van der Waals surface area contributed by atoms with Crippen molar-refractivity contribution in [2.45, 2.75) is 17.1 Å². The molecule has 1 amide bonds. The number of hydrogen-bond acceptors (Lipinski definition) is 7. The minimum absolute atomic E-state index is 0.0289. The molecule has 0 radical (unpaired) electrons. The first-order chi connectivity index (χ1) is 14.6. The number of hydrogen-bond donors (Lipinski definition) is 3. The van der Waals surface area contributed by atoms with Gasteiger partial charge in [-0.2, -0.15) is 0 Å². The van der Waals surface area contributed by atoms with Gasteiger partial charge in [0.05, 0.1) is 10.6 Å². The fourth-order valence-electron chi connectivity index (χ4n) is 3.22. The SMILES string of the molecule is O=C(c1cc(SCc2ccccc2)c(NCCCO)cc1[N+](=O)[O-])N1CCNCC1. The summed E-state index contributed by atoms with van der Waals surface area (Å²) in [6.07, 6.45) is 0.526. The van der Waals surface area contributed by atoms with Gasteiger partial charge in [-0.25, -0.2) is 0 Å². The van der Waals surface area contributed by atoms with Crippen molar-refractivity contribution < 1.29 is 14.8 Å². The standard InChI is InChI=1S/C21H26N4O4S/c26-12-4-7-23-18-14-19(25(28)29)17(21(27)24-10-8-22-9-11-24)13-20(18)30-15-16-5-2-1-3-6-16/h1-3,5-6,13-14,22-23,26H,4,7-12,15H2. The maximum absolute atomic E-state index is 13.1. The lowest BCUT2D eigenvalue weighted by Gasteiger charge is -2.27. The molecule has 1 aliphatic heterocycles. The van der Waals surface area contributed by atoms with E-state index in [9.17, 15) is 14.9 Å². The fraction of sp³-hybridized carbons (Fsp3) is 0.381. The van der Waals surface area contributed by atoms with Crippen LogP contribution in [-0.2, 0) is 5.75 Å². The predicted octanol–water partition coefficient (Wildman–Crippen LogP) is 2.73. The second-order valence-corrected chi connectivity index (χ2v) is 7.96. The van der Waals surface area contributed by atoms with Gasteiger partial charge in [0, 0.05) is 56.0 Å². The number of anilines is 1. The van der Waals surface area contributed by atoms with E-state index in [0.29, 0.717) is 50.6 Å².